The maximum atomic E-state index is 12.1. The van der Waals surface area contributed by atoms with Gasteiger partial charge in [-0.15, -0.1) is 5.10 Å². The molecule has 0 aliphatic heterocycles. The van der Waals surface area contributed by atoms with Gasteiger partial charge in [-0.25, -0.2) is 0 Å². The Morgan fingerprint density at radius 2 is 2.00 bits per heavy atom. The molecule has 0 fully saturated rings. The number of rotatable bonds is 7. The molecule has 10 nitrogen and oxygen atoms in total. The van der Waals surface area contributed by atoms with Crippen molar-refractivity contribution >= 4 is 23.7 Å². The number of nitrogens with one attached hydrogen (secondary N) is 1. The van der Waals surface area contributed by atoms with Crippen LogP contribution in [0.4, 0.5) is 11.7 Å². The molecular formula is C19H16N4O6. The Bertz CT molecular complexity index is 1080. The van der Waals surface area contributed by atoms with Gasteiger partial charge in [0.05, 0.1) is 24.7 Å². The van der Waals surface area contributed by atoms with Crippen LogP contribution in [-0.4, -0.2) is 35.2 Å². The summed E-state index contributed by atoms with van der Waals surface area (Å²) in [4.78, 5) is 22.3. The zero-order valence-corrected chi connectivity index (χ0v) is 15.5. The van der Waals surface area contributed by atoms with Gasteiger partial charge in [-0.2, -0.15) is 0 Å². The zero-order chi connectivity index (χ0) is 20.8. The highest BCUT2D eigenvalue weighted by molar-refractivity contribution is 6.00. The lowest BCUT2D eigenvalue weighted by Crippen LogP contribution is -2.07. The number of non-ortho nitro benzene ring substituents is 1. The Hall–Kier alpha value is -4.21. The molecule has 0 bridgehead atoms. The number of aromatic nitrogens is 2. The van der Waals surface area contributed by atoms with E-state index in [1.54, 1.807) is 24.3 Å². The predicted molar refractivity (Wildman–Crippen MR) is 104 cm³/mol. The van der Waals surface area contributed by atoms with Crippen LogP contribution in [0, 0.1) is 10.1 Å². The third-order valence-corrected chi connectivity index (χ3v) is 3.80. The van der Waals surface area contributed by atoms with Crippen molar-refractivity contribution in [3.05, 3.63) is 64.2 Å². The highest BCUT2D eigenvalue weighted by atomic mass is 16.6. The quantitative estimate of drug-likeness (QED) is 0.366. The SMILES string of the molecule is COc1ccc(-c2nnc(NC(=O)C=Cc3cccc([N+](=O)[O-])c3)o2)c(OC)c1. The summed E-state index contributed by atoms with van der Waals surface area (Å²) in [5, 5.41) is 20.9. The minimum atomic E-state index is -0.534. The largest absolute Gasteiger partial charge is 0.497 e. The van der Waals surface area contributed by atoms with Gasteiger partial charge in [0.25, 0.3) is 17.5 Å². The summed E-state index contributed by atoms with van der Waals surface area (Å²) >= 11 is 0. The number of carbonyl (C=O) groups excluding carboxylic acids is 1. The highest BCUT2D eigenvalue weighted by Gasteiger charge is 2.15. The molecule has 0 radical (unpaired) electrons. The van der Waals surface area contributed by atoms with Crippen LogP contribution in [0.3, 0.4) is 0 Å². The number of methoxy groups -OCH3 is 2. The molecule has 0 atom stereocenters. The fraction of sp³-hybridized carbons (Fsp3) is 0.105. The van der Waals surface area contributed by atoms with E-state index in [9.17, 15) is 14.9 Å². The van der Waals surface area contributed by atoms with Crippen molar-refractivity contribution in [2.75, 3.05) is 19.5 Å². The van der Waals surface area contributed by atoms with Gasteiger partial charge in [0, 0.05) is 24.3 Å². The predicted octanol–water partition coefficient (Wildman–Crippen LogP) is 3.31. The van der Waals surface area contributed by atoms with Gasteiger partial charge in [-0.3, -0.25) is 20.2 Å². The lowest BCUT2D eigenvalue weighted by Gasteiger charge is -2.07. The molecule has 1 N–H and O–H groups in total. The van der Waals surface area contributed by atoms with Crippen LogP contribution >= 0.6 is 0 Å². The first-order valence-electron chi connectivity index (χ1n) is 8.29. The van der Waals surface area contributed by atoms with Crippen LogP contribution in [0.1, 0.15) is 5.56 Å². The minimum Gasteiger partial charge on any atom is -0.497 e. The molecule has 3 rings (SSSR count). The van der Waals surface area contributed by atoms with Crippen LogP contribution in [0.25, 0.3) is 17.5 Å². The topological polar surface area (TPSA) is 130 Å². The van der Waals surface area contributed by atoms with Crippen molar-refractivity contribution in [2.45, 2.75) is 0 Å². The van der Waals surface area contributed by atoms with E-state index < -0.39 is 10.8 Å². The van der Waals surface area contributed by atoms with Crippen molar-refractivity contribution in [1.82, 2.24) is 10.2 Å². The van der Waals surface area contributed by atoms with Gasteiger partial charge >= 0.3 is 6.01 Å². The molecule has 0 aliphatic rings. The van der Waals surface area contributed by atoms with E-state index in [2.05, 4.69) is 15.5 Å². The summed E-state index contributed by atoms with van der Waals surface area (Å²) in [6.07, 6.45) is 2.64. The third-order valence-electron chi connectivity index (χ3n) is 3.80. The molecule has 0 unspecified atom stereocenters. The second kappa shape index (κ2) is 8.65. The summed E-state index contributed by atoms with van der Waals surface area (Å²) in [6, 6.07) is 10.8. The molecule has 29 heavy (non-hydrogen) atoms. The Morgan fingerprint density at radius 1 is 1.17 bits per heavy atom. The first-order chi connectivity index (χ1) is 14.0. The number of nitro benzene ring substituents is 1. The summed E-state index contributed by atoms with van der Waals surface area (Å²) in [5.74, 6) is 0.692. The van der Waals surface area contributed by atoms with Crippen LogP contribution < -0.4 is 14.8 Å². The van der Waals surface area contributed by atoms with Gasteiger partial charge in [-0.1, -0.05) is 17.2 Å². The molecule has 10 heteroatoms. The maximum absolute atomic E-state index is 12.1. The molecule has 1 aromatic heterocycles. The van der Waals surface area contributed by atoms with Crippen molar-refractivity contribution in [3.63, 3.8) is 0 Å². The number of carbonyl (C=O) groups is 1. The number of hydrogen-bond donors (Lipinski definition) is 1. The van der Waals surface area contributed by atoms with E-state index in [0.29, 0.717) is 22.6 Å². The number of anilines is 1. The molecule has 2 aromatic carbocycles. The Morgan fingerprint density at radius 3 is 2.72 bits per heavy atom. The standard InChI is InChI=1S/C19H16N4O6/c1-27-14-7-8-15(16(11-14)28-2)18-21-22-19(29-18)20-17(24)9-6-12-4-3-5-13(10-12)23(25)26/h3-11H,1-2H3,(H,20,22,24). The monoisotopic (exact) mass is 396 g/mol. The van der Waals surface area contributed by atoms with Gasteiger partial charge in [-0.05, 0) is 23.8 Å². The average Bonchev–Trinajstić information content (AvgIpc) is 3.20. The first-order valence-corrected chi connectivity index (χ1v) is 8.29. The van der Waals surface area contributed by atoms with Crippen LogP contribution in [0.5, 0.6) is 11.5 Å². The van der Waals surface area contributed by atoms with Gasteiger partial charge in [0.15, 0.2) is 0 Å². The Balaban J connectivity index is 1.71. The molecular weight excluding hydrogens is 380 g/mol. The number of benzene rings is 2. The molecule has 0 saturated heterocycles. The maximum Gasteiger partial charge on any atom is 0.322 e. The molecule has 1 amide bonds. The molecule has 0 aliphatic carbocycles. The lowest BCUT2D eigenvalue weighted by molar-refractivity contribution is -0.384. The van der Waals surface area contributed by atoms with Crippen molar-refractivity contribution in [1.29, 1.82) is 0 Å². The van der Waals surface area contributed by atoms with E-state index in [1.807, 2.05) is 0 Å². The van der Waals surface area contributed by atoms with Gasteiger partial charge in [0.2, 0.25) is 0 Å². The zero-order valence-electron chi connectivity index (χ0n) is 15.5. The Labute approximate surface area is 164 Å². The second-order valence-corrected chi connectivity index (χ2v) is 5.65. The summed E-state index contributed by atoms with van der Waals surface area (Å²) in [5.41, 5.74) is 0.972. The number of ether oxygens (including phenoxy) is 2. The number of nitrogens with zero attached hydrogens (tertiary/aromatic N) is 3. The van der Waals surface area contributed by atoms with E-state index in [1.165, 1.54) is 44.6 Å². The smallest absolute Gasteiger partial charge is 0.322 e. The molecule has 3 aromatic rings. The van der Waals surface area contributed by atoms with Crippen molar-refractivity contribution in [3.8, 4) is 23.0 Å². The van der Waals surface area contributed by atoms with Gasteiger partial charge in [0.1, 0.15) is 11.5 Å². The number of nitro groups is 1. The Kier molecular flexibility index (Phi) is 5.83. The molecule has 0 spiro atoms. The number of hydrogen-bond acceptors (Lipinski definition) is 8. The fourth-order valence-corrected chi connectivity index (χ4v) is 2.42. The second-order valence-electron chi connectivity index (χ2n) is 5.65. The van der Waals surface area contributed by atoms with E-state index in [4.69, 9.17) is 13.9 Å². The highest BCUT2D eigenvalue weighted by Crippen LogP contribution is 2.33. The summed E-state index contributed by atoms with van der Waals surface area (Å²) in [7, 11) is 3.03. The average molecular weight is 396 g/mol. The van der Waals surface area contributed by atoms with Crippen LogP contribution in [0.2, 0.25) is 0 Å². The molecule has 1 heterocycles. The summed E-state index contributed by atoms with van der Waals surface area (Å²) < 4.78 is 15.9. The summed E-state index contributed by atoms with van der Waals surface area (Å²) in [6.45, 7) is 0. The van der Waals surface area contributed by atoms with Crippen LogP contribution in [0.15, 0.2) is 53.0 Å². The fourth-order valence-electron chi connectivity index (χ4n) is 2.42. The minimum absolute atomic E-state index is 0.0671. The third kappa shape index (κ3) is 4.75. The molecule has 0 saturated carbocycles. The van der Waals surface area contributed by atoms with Crippen molar-refractivity contribution in [2.24, 2.45) is 0 Å². The van der Waals surface area contributed by atoms with Crippen molar-refractivity contribution < 1.29 is 23.6 Å². The molecule has 148 valence electrons. The van der Waals surface area contributed by atoms with E-state index >= 15 is 0 Å². The van der Waals surface area contributed by atoms with Crippen LogP contribution in [-0.2, 0) is 4.79 Å². The number of amides is 1. The van der Waals surface area contributed by atoms with E-state index in [-0.39, 0.29) is 17.6 Å². The lowest BCUT2D eigenvalue weighted by atomic mass is 10.2. The first kappa shape index (κ1) is 19.5. The normalized spacial score (nSPS) is 10.7. The van der Waals surface area contributed by atoms with Gasteiger partial charge < -0.3 is 13.9 Å². The van der Waals surface area contributed by atoms with E-state index in [0.717, 1.165) is 0 Å².